The molecule has 2 saturated heterocycles. The number of hydrogen-bond acceptors (Lipinski definition) is 4. The lowest BCUT2D eigenvalue weighted by molar-refractivity contribution is -0.137. The van der Waals surface area contributed by atoms with Crippen molar-refractivity contribution < 1.29 is 14.3 Å². The van der Waals surface area contributed by atoms with Gasteiger partial charge in [0.15, 0.2) is 0 Å². The Morgan fingerprint density at radius 3 is 2.66 bits per heavy atom. The Hall–Kier alpha value is -2.34. The molecule has 2 aliphatic heterocycles. The summed E-state index contributed by atoms with van der Waals surface area (Å²) in [4.78, 5) is 31.8. The molecule has 0 N–H and O–H groups in total. The van der Waals surface area contributed by atoms with Crippen molar-refractivity contribution in [1.82, 2.24) is 14.7 Å². The normalized spacial score (nSPS) is 20.1. The first-order valence-electron chi connectivity index (χ1n) is 11.9. The number of rotatable bonds is 10. The van der Waals surface area contributed by atoms with Gasteiger partial charge in [0, 0.05) is 44.7 Å². The van der Waals surface area contributed by atoms with E-state index in [0.29, 0.717) is 31.3 Å². The summed E-state index contributed by atoms with van der Waals surface area (Å²) in [5, 5.41) is 0. The fraction of sp³-hybridized carbons (Fsp3) is 0.615. The van der Waals surface area contributed by atoms with Crippen molar-refractivity contribution in [2.75, 3.05) is 46.4 Å². The highest BCUT2D eigenvalue weighted by Crippen LogP contribution is 2.26. The summed E-state index contributed by atoms with van der Waals surface area (Å²) in [5.41, 5.74) is 1.22. The Morgan fingerprint density at radius 2 is 2.00 bits per heavy atom. The van der Waals surface area contributed by atoms with E-state index in [1.165, 1.54) is 5.56 Å². The lowest BCUT2D eigenvalue weighted by Gasteiger charge is -2.36. The van der Waals surface area contributed by atoms with E-state index >= 15 is 0 Å². The zero-order chi connectivity index (χ0) is 23.1. The summed E-state index contributed by atoms with van der Waals surface area (Å²) in [6.07, 6.45) is 4.24. The van der Waals surface area contributed by atoms with Crippen molar-refractivity contribution in [3.05, 3.63) is 42.5 Å². The molecule has 1 atom stereocenters. The van der Waals surface area contributed by atoms with Crippen LogP contribution in [0.1, 0.15) is 38.7 Å². The van der Waals surface area contributed by atoms with E-state index < -0.39 is 0 Å². The number of amides is 2. The number of piperidine rings is 1. The number of ether oxygens (including phenoxy) is 1. The molecular weight excluding hydrogens is 402 g/mol. The average Bonchev–Trinajstić information content (AvgIpc) is 3.14. The lowest BCUT2D eigenvalue weighted by atomic mass is 9.94. The molecule has 2 amide bonds. The Kier molecular flexibility index (Phi) is 8.74. The summed E-state index contributed by atoms with van der Waals surface area (Å²) in [5.74, 6) is 1.86. The van der Waals surface area contributed by atoms with E-state index in [1.807, 2.05) is 17.0 Å². The minimum absolute atomic E-state index is 0.0670. The SMILES string of the molecule is C=CCN1CC(C(=O)N(CC(C)C)CC2CCN(Cc3ccccc3OC)CC2)CC1=O. The molecule has 0 aliphatic carbocycles. The third-order valence-corrected chi connectivity index (χ3v) is 6.58. The van der Waals surface area contributed by atoms with Gasteiger partial charge in [-0.3, -0.25) is 14.5 Å². The van der Waals surface area contributed by atoms with Crippen LogP contribution in [0.15, 0.2) is 36.9 Å². The van der Waals surface area contributed by atoms with E-state index in [4.69, 9.17) is 4.74 Å². The lowest BCUT2D eigenvalue weighted by Crippen LogP contribution is -2.44. The third-order valence-electron chi connectivity index (χ3n) is 6.58. The second-order valence-electron chi connectivity index (χ2n) is 9.66. The van der Waals surface area contributed by atoms with E-state index in [0.717, 1.165) is 51.3 Å². The molecule has 1 aromatic carbocycles. The van der Waals surface area contributed by atoms with Gasteiger partial charge in [-0.2, -0.15) is 0 Å². The molecule has 6 nitrogen and oxygen atoms in total. The predicted molar refractivity (Wildman–Crippen MR) is 127 cm³/mol. The standard InChI is InChI=1S/C26H39N3O3/c1-5-12-28-19-23(15-25(28)30)26(31)29(16-20(2)3)17-21-10-13-27(14-11-21)18-22-8-6-7-9-24(22)32-4/h5-9,20-21,23H,1,10-19H2,2-4H3. The van der Waals surface area contributed by atoms with Gasteiger partial charge in [-0.1, -0.05) is 38.1 Å². The van der Waals surface area contributed by atoms with E-state index in [-0.39, 0.29) is 17.7 Å². The highest BCUT2D eigenvalue weighted by molar-refractivity contribution is 5.89. The van der Waals surface area contributed by atoms with Gasteiger partial charge in [-0.05, 0) is 43.8 Å². The Bertz CT molecular complexity index is 786. The number of carbonyl (C=O) groups is 2. The smallest absolute Gasteiger partial charge is 0.228 e. The molecule has 1 unspecified atom stereocenters. The molecule has 0 saturated carbocycles. The molecule has 0 spiro atoms. The van der Waals surface area contributed by atoms with Gasteiger partial charge in [0.1, 0.15) is 5.75 Å². The van der Waals surface area contributed by atoms with Gasteiger partial charge in [-0.25, -0.2) is 0 Å². The average molecular weight is 442 g/mol. The summed E-state index contributed by atoms with van der Waals surface area (Å²) in [6, 6.07) is 8.21. The molecule has 3 rings (SSSR count). The zero-order valence-electron chi connectivity index (χ0n) is 20.0. The van der Waals surface area contributed by atoms with Crippen molar-refractivity contribution in [3.63, 3.8) is 0 Å². The van der Waals surface area contributed by atoms with Gasteiger partial charge in [0.2, 0.25) is 11.8 Å². The quantitative estimate of drug-likeness (QED) is 0.522. The fourth-order valence-corrected chi connectivity index (χ4v) is 4.94. The van der Waals surface area contributed by atoms with Crippen LogP contribution in [-0.2, 0) is 16.1 Å². The van der Waals surface area contributed by atoms with Gasteiger partial charge >= 0.3 is 0 Å². The van der Waals surface area contributed by atoms with Crippen LogP contribution in [-0.4, -0.2) is 72.9 Å². The second kappa shape index (κ2) is 11.5. The Labute approximate surface area is 193 Å². The van der Waals surface area contributed by atoms with Crippen LogP contribution in [0.3, 0.4) is 0 Å². The number of methoxy groups -OCH3 is 1. The van der Waals surface area contributed by atoms with Crippen molar-refractivity contribution >= 4 is 11.8 Å². The number of likely N-dealkylation sites (tertiary alicyclic amines) is 2. The fourth-order valence-electron chi connectivity index (χ4n) is 4.94. The number of hydrogen-bond donors (Lipinski definition) is 0. The maximum atomic E-state index is 13.3. The molecule has 176 valence electrons. The monoisotopic (exact) mass is 441 g/mol. The van der Waals surface area contributed by atoms with Crippen LogP contribution in [0.5, 0.6) is 5.75 Å². The van der Waals surface area contributed by atoms with Gasteiger partial charge in [0.05, 0.1) is 13.0 Å². The van der Waals surface area contributed by atoms with Crippen molar-refractivity contribution in [1.29, 1.82) is 0 Å². The predicted octanol–water partition coefficient (Wildman–Crippen LogP) is 3.43. The van der Waals surface area contributed by atoms with Crippen LogP contribution in [0.25, 0.3) is 0 Å². The number of benzene rings is 1. The molecule has 0 bridgehead atoms. The largest absolute Gasteiger partial charge is 0.496 e. The van der Waals surface area contributed by atoms with E-state index in [9.17, 15) is 9.59 Å². The van der Waals surface area contributed by atoms with Gasteiger partial charge in [-0.15, -0.1) is 6.58 Å². The topological polar surface area (TPSA) is 53.1 Å². The minimum Gasteiger partial charge on any atom is -0.496 e. The van der Waals surface area contributed by atoms with Crippen molar-refractivity contribution in [2.45, 2.75) is 39.7 Å². The molecule has 2 fully saturated rings. The summed E-state index contributed by atoms with van der Waals surface area (Å²) < 4.78 is 5.50. The maximum Gasteiger partial charge on any atom is 0.228 e. The highest BCUT2D eigenvalue weighted by atomic mass is 16.5. The van der Waals surface area contributed by atoms with Crippen LogP contribution in [0.4, 0.5) is 0 Å². The molecule has 0 aromatic heterocycles. The summed E-state index contributed by atoms with van der Waals surface area (Å²) in [6.45, 7) is 13.6. The zero-order valence-corrected chi connectivity index (χ0v) is 20.0. The molecular formula is C26H39N3O3. The third kappa shape index (κ3) is 6.35. The number of para-hydroxylation sites is 1. The Morgan fingerprint density at radius 1 is 1.28 bits per heavy atom. The first-order chi connectivity index (χ1) is 15.4. The van der Waals surface area contributed by atoms with Crippen LogP contribution >= 0.6 is 0 Å². The minimum atomic E-state index is -0.216. The highest BCUT2D eigenvalue weighted by Gasteiger charge is 2.37. The molecule has 1 aromatic rings. The molecule has 2 heterocycles. The molecule has 32 heavy (non-hydrogen) atoms. The molecule has 0 radical (unpaired) electrons. The Balaban J connectivity index is 1.55. The molecule has 2 aliphatic rings. The molecule has 6 heteroatoms. The first kappa shape index (κ1) is 24.3. The van der Waals surface area contributed by atoms with Crippen LogP contribution in [0.2, 0.25) is 0 Å². The number of carbonyl (C=O) groups excluding carboxylic acids is 2. The van der Waals surface area contributed by atoms with Crippen LogP contribution < -0.4 is 4.74 Å². The van der Waals surface area contributed by atoms with E-state index in [2.05, 4.69) is 37.5 Å². The van der Waals surface area contributed by atoms with Gasteiger partial charge in [0.25, 0.3) is 0 Å². The van der Waals surface area contributed by atoms with E-state index in [1.54, 1.807) is 18.1 Å². The summed E-state index contributed by atoms with van der Waals surface area (Å²) >= 11 is 0. The van der Waals surface area contributed by atoms with Crippen molar-refractivity contribution in [3.8, 4) is 5.75 Å². The first-order valence-corrected chi connectivity index (χ1v) is 11.9. The van der Waals surface area contributed by atoms with Crippen LogP contribution in [0, 0.1) is 17.8 Å². The second-order valence-corrected chi connectivity index (χ2v) is 9.66. The van der Waals surface area contributed by atoms with Crippen molar-refractivity contribution in [2.24, 2.45) is 17.8 Å². The number of nitrogens with zero attached hydrogens (tertiary/aromatic N) is 3. The van der Waals surface area contributed by atoms with Gasteiger partial charge < -0.3 is 14.5 Å². The summed E-state index contributed by atoms with van der Waals surface area (Å²) in [7, 11) is 1.72. The maximum absolute atomic E-state index is 13.3.